The van der Waals surface area contributed by atoms with Gasteiger partial charge >= 0.3 is 17.9 Å². The maximum absolute atomic E-state index is 11.7. The molecule has 7 heteroatoms. The number of rotatable bonds is 4. The molecule has 0 unspecified atom stereocenters. The van der Waals surface area contributed by atoms with Gasteiger partial charge in [0.25, 0.3) is 0 Å². The van der Waals surface area contributed by atoms with Crippen molar-refractivity contribution in [2.45, 2.75) is 17.7 Å². The minimum Gasteiger partial charge on any atom is -0.469 e. The molecule has 2 atom stereocenters. The Balaban J connectivity index is 2.97. The van der Waals surface area contributed by atoms with E-state index in [2.05, 4.69) is 14.2 Å². The summed E-state index contributed by atoms with van der Waals surface area (Å²) in [6.45, 7) is 0. The van der Waals surface area contributed by atoms with Gasteiger partial charge in [-0.15, -0.1) is 11.6 Å². The first-order valence-electron chi connectivity index (χ1n) is 4.80. The van der Waals surface area contributed by atoms with Gasteiger partial charge in [-0.1, -0.05) is 0 Å². The zero-order valence-corrected chi connectivity index (χ0v) is 10.5. The lowest BCUT2D eigenvalue weighted by Crippen LogP contribution is -2.34. The molecule has 0 aromatic heterocycles. The van der Waals surface area contributed by atoms with Crippen LogP contribution in [-0.4, -0.2) is 44.1 Å². The lowest BCUT2D eigenvalue weighted by Gasteiger charge is -2.16. The van der Waals surface area contributed by atoms with Crippen LogP contribution in [0.15, 0.2) is 0 Å². The first kappa shape index (κ1) is 13.8. The minimum absolute atomic E-state index is 0.00397. The summed E-state index contributed by atoms with van der Waals surface area (Å²) in [5, 5.41) is 0. The Morgan fingerprint density at radius 3 is 2.00 bits per heavy atom. The van der Waals surface area contributed by atoms with Crippen LogP contribution in [-0.2, 0) is 28.6 Å². The highest BCUT2D eigenvalue weighted by molar-refractivity contribution is 6.39. The van der Waals surface area contributed by atoms with E-state index in [1.54, 1.807) is 0 Å². The Morgan fingerprint density at radius 2 is 1.59 bits per heavy atom. The molecule has 0 aromatic carbocycles. The molecule has 0 saturated heterocycles. The van der Waals surface area contributed by atoms with Crippen LogP contribution < -0.4 is 0 Å². The number of ether oxygens (including phenoxy) is 3. The van der Waals surface area contributed by atoms with E-state index in [-0.39, 0.29) is 12.8 Å². The maximum atomic E-state index is 11.7. The fraction of sp³-hybridized carbons (Fsp3) is 0.700. The van der Waals surface area contributed by atoms with Crippen molar-refractivity contribution in [2.75, 3.05) is 21.3 Å². The van der Waals surface area contributed by atoms with Crippen LogP contribution in [0.4, 0.5) is 0 Å². The van der Waals surface area contributed by atoms with Gasteiger partial charge in [0.05, 0.1) is 27.8 Å². The molecule has 96 valence electrons. The topological polar surface area (TPSA) is 78.9 Å². The van der Waals surface area contributed by atoms with Crippen LogP contribution in [0.5, 0.6) is 0 Å². The molecule has 0 aromatic rings. The molecule has 0 radical (unpaired) electrons. The first-order chi connectivity index (χ1) is 7.87. The van der Waals surface area contributed by atoms with E-state index in [1.165, 1.54) is 7.11 Å². The third-order valence-corrected chi connectivity index (χ3v) is 3.59. The van der Waals surface area contributed by atoms with E-state index < -0.39 is 28.2 Å². The molecule has 1 saturated carbocycles. The van der Waals surface area contributed by atoms with Gasteiger partial charge in [0.2, 0.25) is 0 Å². The summed E-state index contributed by atoms with van der Waals surface area (Å²) in [7, 11) is 3.50. The minimum atomic E-state index is -1.54. The predicted molar refractivity (Wildman–Crippen MR) is 56.3 cm³/mol. The average Bonchev–Trinajstić information content (AvgIpc) is 2.94. The van der Waals surface area contributed by atoms with E-state index >= 15 is 0 Å². The molecule has 17 heavy (non-hydrogen) atoms. The van der Waals surface area contributed by atoms with Gasteiger partial charge in [-0.05, 0) is 6.42 Å². The molecular weight excluding hydrogens is 252 g/mol. The van der Waals surface area contributed by atoms with Crippen molar-refractivity contribution in [1.29, 1.82) is 0 Å². The number of carbonyl (C=O) groups is 3. The number of hydrogen-bond donors (Lipinski definition) is 0. The standard InChI is InChI=1S/C10H13ClO6/c1-15-6(12)4-9(7(13)16-2)5-10(9,11)8(14)17-3/h4-5H2,1-3H3/t9-,10+/m0/s1. The monoisotopic (exact) mass is 264 g/mol. The first-order valence-corrected chi connectivity index (χ1v) is 5.18. The van der Waals surface area contributed by atoms with E-state index in [9.17, 15) is 14.4 Å². The molecule has 6 nitrogen and oxygen atoms in total. The second-order valence-corrected chi connectivity index (χ2v) is 4.44. The molecule has 0 heterocycles. The fourth-order valence-electron chi connectivity index (χ4n) is 1.82. The van der Waals surface area contributed by atoms with Gasteiger partial charge in [0, 0.05) is 0 Å². The highest BCUT2D eigenvalue weighted by atomic mass is 35.5. The van der Waals surface area contributed by atoms with E-state index in [1.807, 2.05) is 0 Å². The highest BCUT2D eigenvalue weighted by Gasteiger charge is 2.78. The zero-order valence-electron chi connectivity index (χ0n) is 9.74. The van der Waals surface area contributed by atoms with Crippen LogP contribution in [0.2, 0.25) is 0 Å². The number of carbonyl (C=O) groups excluding carboxylic acids is 3. The summed E-state index contributed by atoms with van der Waals surface area (Å²) in [4.78, 5) is 32.9. The second-order valence-electron chi connectivity index (χ2n) is 3.80. The third-order valence-electron chi connectivity index (χ3n) is 2.94. The Kier molecular flexibility index (Phi) is 3.66. The Bertz CT molecular complexity index is 368. The maximum Gasteiger partial charge on any atom is 0.328 e. The van der Waals surface area contributed by atoms with Crippen LogP contribution in [0.25, 0.3) is 0 Å². The summed E-state index contributed by atoms with van der Waals surface area (Å²) < 4.78 is 13.6. The molecule has 1 aliphatic carbocycles. The summed E-state index contributed by atoms with van der Waals surface area (Å²) in [5.74, 6) is -2.11. The lowest BCUT2D eigenvalue weighted by molar-refractivity contribution is -0.156. The summed E-state index contributed by atoms with van der Waals surface area (Å²) in [6, 6.07) is 0. The summed E-state index contributed by atoms with van der Waals surface area (Å²) in [6.07, 6.45) is -0.315. The Hall–Kier alpha value is -1.30. The van der Waals surface area contributed by atoms with Crippen molar-refractivity contribution in [3.63, 3.8) is 0 Å². The van der Waals surface area contributed by atoms with Gasteiger partial charge in [0.1, 0.15) is 5.41 Å². The smallest absolute Gasteiger partial charge is 0.328 e. The number of hydrogen-bond acceptors (Lipinski definition) is 6. The van der Waals surface area contributed by atoms with Crippen molar-refractivity contribution in [3.8, 4) is 0 Å². The van der Waals surface area contributed by atoms with E-state index in [0.29, 0.717) is 0 Å². The number of halogens is 1. The van der Waals surface area contributed by atoms with Gasteiger partial charge in [0.15, 0.2) is 4.87 Å². The van der Waals surface area contributed by atoms with Gasteiger partial charge in [-0.25, -0.2) is 0 Å². The molecule has 0 aliphatic heterocycles. The molecule has 0 amide bonds. The second kappa shape index (κ2) is 4.52. The predicted octanol–water partition coefficient (Wildman–Crippen LogP) is 0.263. The van der Waals surface area contributed by atoms with Gasteiger partial charge in [-0.2, -0.15) is 0 Å². The molecule has 1 rings (SSSR count). The SMILES string of the molecule is COC(=O)C[C@@]1(C(=O)OC)C[C@@]1(Cl)C(=O)OC. The average molecular weight is 265 g/mol. The third kappa shape index (κ3) is 1.97. The van der Waals surface area contributed by atoms with Crippen LogP contribution in [0.3, 0.4) is 0 Å². The van der Waals surface area contributed by atoms with Crippen LogP contribution in [0.1, 0.15) is 12.8 Å². The van der Waals surface area contributed by atoms with Crippen molar-refractivity contribution < 1.29 is 28.6 Å². The number of methoxy groups -OCH3 is 3. The fourth-order valence-corrected chi connectivity index (χ4v) is 2.27. The van der Waals surface area contributed by atoms with Crippen molar-refractivity contribution in [1.82, 2.24) is 0 Å². The largest absolute Gasteiger partial charge is 0.469 e. The van der Waals surface area contributed by atoms with Gasteiger partial charge in [-0.3, -0.25) is 14.4 Å². The molecule has 0 bridgehead atoms. The van der Waals surface area contributed by atoms with Crippen LogP contribution in [0, 0.1) is 5.41 Å². The Morgan fingerprint density at radius 1 is 1.06 bits per heavy atom. The number of esters is 3. The number of alkyl halides is 1. The molecular formula is C10H13ClO6. The normalized spacial score (nSPS) is 30.4. The zero-order chi connectivity index (χ0) is 13.3. The van der Waals surface area contributed by atoms with Crippen molar-refractivity contribution in [2.24, 2.45) is 5.41 Å². The van der Waals surface area contributed by atoms with Crippen molar-refractivity contribution in [3.05, 3.63) is 0 Å². The van der Waals surface area contributed by atoms with Crippen LogP contribution >= 0.6 is 11.6 Å². The Labute approximate surface area is 103 Å². The quantitative estimate of drug-likeness (QED) is 0.412. The molecule has 0 N–H and O–H groups in total. The lowest BCUT2D eigenvalue weighted by atomic mass is 9.99. The molecule has 1 fully saturated rings. The summed E-state index contributed by atoms with van der Waals surface area (Å²) >= 11 is 6.01. The molecule has 1 aliphatic rings. The molecule has 0 spiro atoms. The highest BCUT2D eigenvalue weighted by Crippen LogP contribution is 2.64. The van der Waals surface area contributed by atoms with Crippen molar-refractivity contribution >= 4 is 29.5 Å². The van der Waals surface area contributed by atoms with Gasteiger partial charge < -0.3 is 14.2 Å². The van der Waals surface area contributed by atoms with E-state index in [0.717, 1.165) is 14.2 Å². The summed E-state index contributed by atoms with van der Waals surface area (Å²) in [5.41, 5.74) is -1.39. The van der Waals surface area contributed by atoms with E-state index in [4.69, 9.17) is 11.6 Å².